The van der Waals surface area contributed by atoms with Gasteiger partial charge >= 0.3 is 5.97 Å². The minimum Gasteiger partial charge on any atom is -0.494 e. The molecule has 2 N–H and O–H groups in total. The van der Waals surface area contributed by atoms with E-state index in [1.54, 1.807) is 6.92 Å². The van der Waals surface area contributed by atoms with Gasteiger partial charge in [0.1, 0.15) is 5.75 Å². The van der Waals surface area contributed by atoms with Crippen molar-refractivity contribution >= 4 is 11.5 Å². The number of rotatable bonds is 8. The molecule has 0 heterocycles. The van der Waals surface area contributed by atoms with Gasteiger partial charge in [0, 0.05) is 5.57 Å². The zero-order chi connectivity index (χ0) is 21.6. The van der Waals surface area contributed by atoms with E-state index < -0.39 is 6.04 Å². The second-order valence-electron chi connectivity index (χ2n) is 7.54. The van der Waals surface area contributed by atoms with Crippen molar-refractivity contribution in [2.75, 3.05) is 13.2 Å². The molecule has 0 amide bonds. The fourth-order valence-electron chi connectivity index (χ4n) is 4.04. The fourth-order valence-corrected chi connectivity index (χ4v) is 4.04. The summed E-state index contributed by atoms with van der Waals surface area (Å²) in [6, 6.07) is 25.6. The van der Waals surface area contributed by atoms with E-state index in [2.05, 4.69) is 24.3 Å². The largest absolute Gasteiger partial charge is 0.494 e. The molecular formula is C27H27NO3. The molecule has 0 bridgehead atoms. The molecule has 4 heteroatoms. The maximum absolute atomic E-state index is 12.7. The number of esters is 1. The van der Waals surface area contributed by atoms with Crippen molar-refractivity contribution in [2.24, 2.45) is 5.73 Å². The highest BCUT2D eigenvalue weighted by atomic mass is 16.5. The Labute approximate surface area is 183 Å². The predicted molar refractivity (Wildman–Crippen MR) is 123 cm³/mol. The van der Waals surface area contributed by atoms with Crippen LogP contribution in [0.2, 0.25) is 0 Å². The minimum absolute atomic E-state index is 0.309. The van der Waals surface area contributed by atoms with E-state index in [0.29, 0.717) is 18.8 Å². The number of benzene rings is 3. The van der Waals surface area contributed by atoms with Crippen LogP contribution in [0.3, 0.4) is 0 Å². The summed E-state index contributed by atoms with van der Waals surface area (Å²) in [6.45, 7) is 2.73. The molecule has 3 aromatic carbocycles. The van der Waals surface area contributed by atoms with Gasteiger partial charge < -0.3 is 15.2 Å². The second-order valence-corrected chi connectivity index (χ2v) is 7.54. The summed E-state index contributed by atoms with van der Waals surface area (Å²) in [5.74, 6) is 0.398. The second kappa shape index (κ2) is 9.63. The van der Waals surface area contributed by atoms with Gasteiger partial charge in [-0.2, -0.15) is 0 Å². The van der Waals surface area contributed by atoms with Gasteiger partial charge in [0.2, 0.25) is 0 Å². The number of hydrogen-bond acceptors (Lipinski definition) is 4. The van der Waals surface area contributed by atoms with Gasteiger partial charge in [-0.3, -0.25) is 0 Å². The molecule has 0 saturated heterocycles. The number of hydrogen-bond donors (Lipinski definition) is 1. The first-order valence-electron chi connectivity index (χ1n) is 10.7. The molecule has 0 fully saturated rings. The van der Waals surface area contributed by atoms with Crippen LogP contribution in [0.15, 0.2) is 84.4 Å². The van der Waals surface area contributed by atoms with Crippen molar-refractivity contribution in [2.45, 2.75) is 25.8 Å². The van der Waals surface area contributed by atoms with E-state index >= 15 is 0 Å². The van der Waals surface area contributed by atoms with Gasteiger partial charge in [-0.25, -0.2) is 4.79 Å². The van der Waals surface area contributed by atoms with E-state index in [1.165, 1.54) is 5.56 Å². The lowest BCUT2D eigenvalue weighted by atomic mass is 9.97. The third-order valence-electron chi connectivity index (χ3n) is 5.49. The molecule has 1 aliphatic carbocycles. The number of nitrogens with two attached hydrogens (primary N) is 1. The van der Waals surface area contributed by atoms with E-state index in [-0.39, 0.29) is 5.97 Å². The number of carbonyl (C=O) groups is 1. The van der Waals surface area contributed by atoms with Crippen LogP contribution >= 0.6 is 0 Å². The Morgan fingerprint density at radius 3 is 2.39 bits per heavy atom. The Bertz CT molecular complexity index is 1070. The van der Waals surface area contributed by atoms with Gasteiger partial charge in [0.25, 0.3) is 0 Å². The van der Waals surface area contributed by atoms with Gasteiger partial charge in [0.15, 0.2) is 0 Å². The van der Waals surface area contributed by atoms with Gasteiger partial charge in [-0.05, 0) is 54.2 Å². The highest BCUT2D eigenvalue weighted by Crippen LogP contribution is 2.44. The molecule has 4 rings (SSSR count). The number of aryl methyl sites for hydroxylation is 1. The lowest BCUT2D eigenvalue weighted by Crippen LogP contribution is -2.19. The van der Waals surface area contributed by atoms with Crippen LogP contribution in [0.25, 0.3) is 5.57 Å². The van der Waals surface area contributed by atoms with Crippen molar-refractivity contribution in [3.63, 3.8) is 0 Å². The molecule has 1 aliphatic rings. The van der Waals surface area contributed by atoms with E-state index in [1.807, 2.05) is 54.6 Å². The van der Waals surface area contributed by atoms with Crippen molar-refractivity contribution in [3.8, 4) is 5.75 Å². The SMILES string of the molecule is CCOC(=O)C1=C(c2ccccc2)c2ccc(OCCCc3ccccc3)cc2C1N. The first-order chi connectivity index (χ1) is 15.2. The average molecular weight is 414 g/mol. The Morgan fingerprint density at radius 1 is 0.968 bits per heavy atom. The molecule has 1 unspecified atom stereocenters. The molecule has 31 heavy (non-hydrogen) atoms. The zero-order valence-corrected chi connectivity index (χ0v) is 17.7. The molecule has 158 valence electrons. The quantitative estimate of drug-likeness (QED) is 0.413. The van der Waals surface area contributed by atoms with Crippen LogP contribution in [0, 0.1) is 0 Å². The molecule has 0 saturated carbocycles. The van der Waals surface area contributed by atoms with Crippen molar-refractivity contribution in [3.05, 3.63) is 107 Å². The third kappa shape index (κ3) is 4.54. The van der Waals surface area contributed by atoms with Gasteiger partial charge in [-0.1, -0.05) is 66.7 Å². The predicted octanol–water partition coefficient (Wildman–Crippen LogP) is 5.08. The smallest absolute Gasteiger partial charge is 0.336 e. The summed E-state index contributed by atoms with van der Waals surface area (Å²) >= 11 is 0. The van der Waals surface area contributed by atoms with E-state index in [0.717, 1.165) is 40.9 Å². The molecule has 4 nitrogen and oxygen atoms in total. The molecule has 0 spiro atoms. The zero-order valence-electron chi connectivity index (χ0n) is 17.7. The number of carbonyl (C=O) groups excluding carboxylic acids is 1. The van der Waals surface area contributed by atoms with Crippen LogP contribution in [0.4, 0.5) is 0 Å². The summed E-state index contributed by atoms with van der Waals surface area (Å²) in [5.41, 5.74) is 12.0. The van der Waals surface area contributed by atoms with Crippen LogP contribution in [-0.4, -0.2) is 19.2 Å². The summed E-state index contributed by atoms with van der Waals surface area (Å²) in [5, 5.41) is 0. The monoisotopic (exact) mass is 413 g/mol. The van der Waals surface area contributed by atoms with E-state index in [4.69, 9.17) is 15.2 Å². The minimum atomic E-state index is -0.544. The summed E-state index contributed by atoms with van der Waals surface area (Å²) in [7, 11) is 0. The van der Waals surface area contributed by atoms with Crippen molar-refractivity contribution in [1.82, 2.24) is 0 Å². The molecule has 0 radical (unpaired) electrons. The molecule has 3 aromatic rings. The van der Waals surface area contributed by atoms with Gasteiger partial charge in [0.05, 0.1) is 24.8 Å². The molecule has 0 aromatic heterocycles. The average Bonchev–Trinajstić information content (AvgIpc) is 3.10. The van der Waals surface area contributed by atoms with Gasteiger partial charge in [-0.15, -0.1) is 0 Å². The highest BCUT2D eigenvalue weighted by molar-refractivity contribution is 6.06. The normalized spacial score (nSPS) is 15.0. The summed E-state index contributed by atoms with van der Waals surface area (Å²) in [6.07, 6.45) is 1.90. The third-order valence-corrected chi connectivity index (χ3v) is 5.49. The molecule has 1 atom stereocenters. The van der Waals surface area contributed by atoms with Crippen molar-refractivity contribution in [1.29, 1.82) is 0 Å². The maximum Gasteiger partial charge on any atom is 0.336 e. The summed E-state index contributed by atoms with van der Waals surface area (Å²) in [4.78, 5) is 12.7. The number of ether oxygens (including phenoxy) is 2. The fraction of sp³-hybridized carbons (Fsp3) is 0.222. The first kappa shape index (κ1) is 20.9. The lowest BCUT2D eigenvalue weighted by Gasteiger charge is -2.12. The Balaban J connectivity index is 1.54. The number of fused-ring (bicyclic) bond motifs is 1. The highest BCUT2D eigenvalue weighted by Gasteiger charge is 2.34. The van der Waals surface area contributed by atoms with Crippen LogP contribution < -0.4 is 10.5 Å². The van der Waals surface area contributed by atoms with Crippen LogP contribution in [0.1, 0.15) is 41.6 Å². The Morgan fingerprint density at radius 2 is 1.68 bits per heavy atom. The summed E-state index contributed by atoms with van der Waals surface area (Å²) < 4.78 is 11.3. The van der Waals surface area contributed by atoms with Crippen LogP contribution in [0.5, 0.6) is 5.75 Å². The van der Waals surface area contributed by atoms with Crippen LogP contribution in [-0.2, 0) is 16.0 Å². The first-order valence-corrected chi connectivity index (χ1v) is 10.7. The molecular weight excluding hydrogens is 386 g/mol. The Kier molecular flexibility index (Phi) is 6.48. The standard InChI is InChI=1S/C27H27NO3/c1-2-30-27(29)25-24(20-13-7-4-8-14-20)22-16-15-21(18-23(22)26(25)28)31-17-9-12-19-10-5-3-6-11-19/h3-8,10-11,13-16,18,26H,2,9,12,17,28H2,1H3. The Hall–Kier alpha value is -3.37. The van der Waals surface area contributed by atoms with Crippen molar-refractivity contribution < 1.29 is 14.3 Å². The molecule has 0 aliphatic heterocycles. The topological polar surface area (TPSA) is 61.5 Å². The van der Waals surface area contributed by atoms with E-state index in [9.17, 15) is 4.79 Å². The maximum atomic E-state index is 12.7. The lowest BCUT2D eigenvalue weighted by molar-refractivity contribution is -0.138.